The Hall–Kier alpha value is -1.97. The van der Waals surface area contributed by atoms with Crippen molar-refractivity contribution < 1.29 is 55.6 Å². The molecular weight excluding hydrogens is 486 g/mol. The van der Waals surface area contributed by atoms with Gasteiger partial charge in [-0.3, -0.25) is 4.90 Å². The molecule has 15 heteroatoms. The number of nitrogens with zero attached hydrogens (tertiary/aromatic N) is 2. The summed E-state index contributed by atoms with van der Waals surface area (Å²) in [5.74, 6) is -5.51. The van der Waals surface area contributed by atoms with Crippen molar-refractivity contribution >= 4 is 23.3 Å². The number of carboxylic acid groups (broad SMARTS) is 2. The predicted octanol–water partition coefficient (Wildman–Crippen LogP) is 3.49. The van der Waals surface area contributed by atoms with Crippen LogP contribution < -0.4 is 0 Å². The molecule has 3 atom stereocenters. The van der Waals surface area contributed by atoms with E-state index in [1.807, 2.05) is 5.51 Å². The monoisotopic (exact) mass is 510 g/mol. The summed E-state index contributed by atoms with van der Waals surface area (Å²) in [5, 5.41) is 14.2. The molecule has 33 heavy (non-hydrogen) atoms. The lowest BCUT2D eigenvalue weighted by molar-refractivity contribution is -0.193. The zero-order valence-corrected chi connectivity index (χ0v) is 18.5. The molecular formula is C18H24F6N2O6S. The van der Waals surface area contributed by atoms with E-state index in [4.69, 9.17) is 29.3 Å². The zero-order chi connectivity index (χ0) is 25.4. The van der Waals surface area contributed by atoms with Crippen LogP contribution in [0.4, 0.5) is 26.3 Å². The van der Waals surface area contributed by atoms with Crippen LogP contribution in [0.25, 0.3) is 0 Å². The van der Waals surface area contributed by atoms with Gasteiger partial charge in [0, 0.05) is 37.2 Å². The Kier molecular flexibility index (Phi) is 11.0. The first-order valence-electron chi connectivity index (χ1n) is 9.64. The Morgan fingerprint density at radius 2 is 1.76 bits per heavy atom. The Labute approximate surface area is 189 Å². The highest BCUT2D eigenvalue weighted by Gasteiger charge is 2.44. The number of thiazole rings is 1. The number of alkyl halides is 6. The second-order valence-corrected chi connectivity index (χ2v) is 7.87. The van der Waals surface area contributed by atoms with E-state index in [1.165, 1.54) is 11.3 Å². The molecule has 0 aromatic carbocycles. The number of likely N-dealkylation sites (tertiary alicyclic amines) is 1. The summed E-state index contributed by atoms with van der Waals surface area (Å²) in [6.07, 6.45) is -7.27. The number of fused-ring (bicyclic) bond motifs is 1. The van der Waals surface area contributed by atoms with Crippen LogP contribution in [-0.2, 0) is 25.6 Å². The summed E-state index contributed by atoms with van der Waals surface area (Å²) in [5.41, 5.74) is 3.11. The van der Waals surface area contributed by atoms with Gasteiger partial charge in [-0.05, 0) is 26.7 Å². The van der Waals surface area contributed by atoms with E-state index in [1.54, 1.807) is 11.3 Å². The van der Waals surface area contributed by atoms with Crippen LogP contribution in [0, 0.1) is 6.92 Å². The highest BCUT2D eigenvalue weighted by atomic mass is 32.1. The molecule has 3 heterocycles. The fourth-order valence-corrected chi connectivity index (χ4v) is 4.01. The molecule has 2 aliphatic heterocycles. The smallest absolute Gasteiger partial charge is 0.475 e. The molecule has 0 saturated carbocycles. The quantitative estimate of drug-likeness (QED) is 0.593. The van der Waals surface area contributed by atoms with Crippen LogP contribution in [-0.4, -0.2) is 82.4 Å². The van der Waals surface area contributed by atoms with E-state index in [0.717, 1.165) is 38.4 Å². The van der Waals surface area contributed by atoms with Crippen molar-refractivity contribution in [2.24, 2.45) is 0 Å². The van der Waals surface area contributed by atoms with Crippen LogP contribution in [0.5, 0.6) is 0 Å². The normalized spacial score (nSPS) is 23.0. The fraction of sp³-hybridized carbons (Fsp3) is 0.722. The van der Waals surface area contributed by atoms with Crippen molar-refractivity contribution in [3.63, 3.8) is 0 Å². The summed E-state index contributed by atoms with van der Waals surface area (Å²) in [6, 6.07) is 0.520. The predicted molar refractivity (Wildman–Crippen MR) is 103 cm³/mol. The first-order chi connectivity index (χ1) is 15.2. The highest BCUT2D eigenvalue weighted by molar-refractivity contribution is 7.09. The van der Waals surface area contributed by atoms with Crippen molar-refractivity contribution in [2.45, 2.75) is 63.8 Å². The molecule has 0 spiro atoms. The minimum atomic E-state index is -5.08. The lowest BCUT2D eigenvalue weighted by atomic mass is 10.0. The first kappa shape index (κ1) is 29.1. The van der Waals surface area contributed by atoms with Gasteiger partial charge in [-0.2, -0.15) is 26.3 Å². The molecule has 190 valence electrons. The van der Waals surface area contributed by atoms with Crippen molar-refractivity contribution in [3.05, 3.63) is 16.1 Å². The summed E-state index contributed by atoms with van der Waals surface area (Å²) in [6.45, 7) is 7.79. The van der Waals surface area contributed by atoms with Crippen LogP contribution in [0.15, 0.2) is 5.51 Å². The number of hydrogen-bond acceptors (Lipinski definition) is 7. The van der Waals surface area contributed by atoms with Crippen molar-refractivity contribution in [3.8, 4) is 0 Å². The average Bonchev–Trinajstić information content (AvgIpc) is 3.26. The SMILES string of the molecule is CCO[C@@H]1CN(Cc2scnc2C)[C@@H]2CCCO[C@@H]21.O=C(O)C(F)(F)F.O=C(O)C(F)(F)F. The lowest BCUT2D eigenvalue weighted by Crippen LogP contribution is -2.41. The minimum Gasteiger partial charge on any atom is -0.475 e. The van der Waals surface area contributed by atoms with Crippen LogP contribution in [0.1, 0.15) is 30.3 Å². The Morgan fingerprint density at radius 3 is 2.18 bits per heavy atom. The molecule has 3 rings (SSSR count). The number of aliphatic carboxylic acids is 2. The topological polar surface area (TPSA) is 109 Å². The van der Waals surface area contributed by atoms with Gasteiger partial charge >= 0.3 is 24.3 Å². The number of halogens is 6. The maximum Gasteiger partial charge on any atom is 0.490 e. The van der Waals surface area contributed by atoms with Gasteiger partial charge < -0.3 is 19.7 Å². The van der Waals surface area contributed by atoms with Crippen molar-refractivity contribution in [1.29, 1.82) is 0 Å². The van der Waals surface area contributed by atoms with E-state index >= 15 is 0 Å². The van der Waals surface area contributed by atoms with Gasteiger partial charge in [-0.1, -0.05) is 0 Å². The zero-order valence-electron chi connectivity index (χ0n) is 17.6. The number of ether oxygens (including phenoxy) is 2. The average molecular weight is 510 g/mol. The van der Waals surface area contributed by atoms with Gasteiger partial charge in [0.25, 0.3) is 0 Å². The molecule has 0 radical (unpaired) electrons. The van der Waals surface area contributed by atoms with Crippen LogP contribution >= 0.6 is 11.3 Å². The van der Waals surface area contributed by atoms with E-state index in [9.17, 15) is 26.3 Å². The molecule has 2 fully saturated rings. The van der Waals surface area contributed by atoms with E-state index in [-0.39, 0.29) is 12.2 Å². The number of hydrogen-bond donors (Lipinski definition) is 2. The van der Waals surface area contributed by atoms with E-state index in [0.29, 0.717) is 6.04 Å². The van der Waals surface area contributed by atoms with Crippen LogP contribution in [0.2, 0.25) is 0 Å². The molecule has 0 unspecified atom stereocenters. The number of carbonyl (C=O) groups is 2. The Bertz CT molecular complexity index is 748. The second-order valence-electron chi connectivity index (χ2n) is 6.93. The number of aryl methyl sites for hydroxylation is 1. The minimum absolute atomic E-state index is 0.239. The summed E-state index contributed by atoms with van der Waals surface area (Å²) >= 11 is 1.76. The van der Waals surface area contributed by atoms with Gasteiger partial charge in [-0.15, -0.1) is 11.3 Å². The van der Waals surface area contributed by atoms with E-state index in [2.05, 4.69) is 23.7 Å². The first-order valence-corrected chi connectivity index (χ1v) is 10.5. The molecule has 2 aliphatic rings. The molecule has 0 amide bonds. The fourth-order valence-electron chi connectivity index (χ4n) is 3.21. The Balaban J connectivity index is 0.000000324. The van der Waals surface area contributed by atoms with Gasteiger partial charge in [0.2, 0.25) is 0 Å². The number of aromatic nitrogens is 1. The third-order valence-electron chi connectivity index (χ3n) is 4.64. The van der Waals surface area contributed by atoms with Crippen molar-refractivity contribution in [2.75, 3.05) is 19.8 Å². The van der Waals surface area contributed by atoms with E-state index < -0.39 is 24.3 Å². The van der Waals surface area contributed by atoms with Crippen LogP contribution in [0.3, 0.4) is 0 Å². The molecule has 2 saturated heterocycles. The molecule has 0 bridgehead atoms. The van der Waals surface area contributed by atoms with Gasteiger partial charge in [0.05, 0.1) is 17.3 Å². The standard InChI is InChI=1S/C14H22N2O2S.2C2HF3O2/c1-3-17-12-7-16(8-13-10(2)15-9-19-13)11-5-4-6-18-14(11)12;2*3-2(4,5)1(6)7/h9,11-12,14H,3-8H2,1-2H3;2*(H,6,7)/t11-,12-,14+;;/m1../s1. The lowest BCUT2D eigenvalue weighted by Gasteiger charge is -2.32. The molecule has 0 aliphatic carbocycles. The van der Waals surface area contributed by atoms with Gasteiger partial charge in [-0.25, -0.2) is 14.6 Å². The highest BCUT2D eigenvalue weighted by Crippen LogP contribution is 2.32. The van der Waals surface area contributed by atoms with Gasteiger partial charge in [0.1, 0.15) is 6.10 Å². The maximum atomic E-state index is 10.6. The summed E-state index contributed by atoms with van der Waals surface area (Å²) in [7, 11) is 0. The molecule has 2 N–H and O–H groups in total. The number of carboxylic acids is 2. The molecule has 8 nitrogen and oxygen atoms in total. The van der Waals surface area contributed by atoms with Gasteiger partial charge in [0.15, 0.2) is 0 Å². The third kappa shape index (κ3) is 9.43. The third-order valence-corrected chi connectivity index (χ3v) is 5.56. The van der Waals surface area contributed by atoms with Crippen molar-refractivity contribution in [1.82, 2.24) is 9.88 Å². The summed E-state index contributed by atoms with van der Waals surface area (Å²) < 4.78 is 75.3. The number of rotatable bonds is 4. The summed E-state index contributed by atoms with van der Waals surface area (Å²) in [4.78, 5) is 26.0. The largest absolute Gasteiger partial charge is 0.490 e. The maximum absolute atomic E-state index is 10.6. The second kappa shape index (κ2) is 12.5. The molecule has 1 aromatic rings. The molecule has 1 aromatic heterocycles. The Morgan fingerprint density at radius 1 is 1.21 bits per heavy atom.